The van der Waals surface area contributed by atoms with Crippen molar-refractivity contribution in [3.8, 4) is 11.1 Å². The first kappa shape index (κ1) is 26.1. The van der Waals surface area contributed by atoms with Crippen LogP contribution in [0.25, 0.3) is 22.1 Å². The summed E-state index contributed by atoms with van der Waals surface area (Å²) in [5, 5.41) is 0.518. The second-order valence-electron chi connectivity index (χ2n) is 9.48. The van der Waals surface area contributed by atoms with Crippen LogP contribution in [0.2, 0.25) is 0 Å². The van der Waals surface area contributed by atoms with E-state index in [0.29, 0.717) is 41.4 Å². The maximum Gasteiger partial charge on any atom is 0.433 e. The number of fused-ring (bicyclic) bond motifs is 1. The highest BCUT2D eigenvalue weighted by molar-refractivity contribution is 7.89. The van der Waals surface area contributed by atoms with Crippen LogP contribution in [-0.2, 0) is 27.4 Å². The van der Waals surface area contributed by atoms with E-state index in [4.69, 9.17) is 4.42 Å². The van der Waals surface area contributed by atoms with E-state index in [1.54, 1.807) is 24.3 Å². The first-order valence-electron chi connectivity index (χ1n) is 12.2. The molecule has 1 saturated heterocycles. The number of carbonyl (C=O) groups is 1. The van der Waals surface area contributed by atoms with E-state index in [2.05, 4.69) is 4.98 Å². The number of sulfonamides is 1. The van der Waals surface area contributed by atoms with E-state index in [-0.39, 0.29) is 23.8 Å². The monoisotopic (exact) mass is 542 g/mol. The van der Waals surface area contributed by atoms with Crippen LogP contribution in [0, 0.1) is 6.92 Å². The minimum absolute atomic E-state index is 0.130. The molecule has 198 valence electrons. The Morgan fingerprint density at radius 1 is 1.08 bits per heavy atom. The number of alkyl halides is 3. The van der Waals surface area contributed by atoms with Gasteiger partial charge in [-0.15, -0.1) is 0 Å². The fourth-order valence-corrected chi connectivity index (χ4v) is 6.43. The fraction of sp³-hybridized carbons (Fsp3) is 0.286. The van der Waals surface area contributed by atoms with Crippen LogP contribution in [0.15, 0.2) is 76.4 Å². The molecule has 1 fully saturated rings. The van der Waals surface area contributed by atoms with Gasteiger partial charge in [-0.2, -0.15) is 17.5 Å². The summed E-state index contributed by atoms with van der Waals surface area (Å²) in [4.78, 5) is 16.7. The second-order valence-corrected chi connectivity index (χ2v) is 11.3. The number of benzene rings is 2. The van der Waals surface area contributed by atoms with Crippen LogP contribution in [0.1, 0.15) is 36.1 Å². The topological polar surface area (TPSA) is 80.5 Å². The number of aromatic nitrogens is 1. The lowest BCUT2D eigenvalue weighted by molar-refractivity contribution is -0.141. The maximum atomic E-state index is 13.4. The summed E-state index contributed by atoms with van der Waals surface area (Å²) in [5.41, 5.74) is 2.52. The van der Waals surface area contributed by atoms with E-state index < -0.39 is 27.9 Å². The van der Waals surface area contributed by atoms with Gasteiger partial charge >= 0.3 is 6.18 Å². The van der Waals surface area contributed by atoms with Crippen LogP contribution in [-0.4, -0.2) is 36.1 Å². The fourth-order valence-electron chi connectivity index (χ4n) is 4.80. The standard InChI is InChI=1S/C28H25F3N2O4S/c1-18-7-11-25-22(14-18)16-27(37-25)38(35,36)33-13-3-6-23(33)24(34)10-8-19-4-2-5-20(15-19)21-9-12-26(32-17-21)28(29,30)31/h2,4-5,7,9,11-12,14-17,23H,3,6,8,10,13H2,1H3/t23-/m0/s1. The number of carbonyl (C=O) groups excluding carboxylic acids is 1. The van der Waals surface area contributed by atoms with Gasteiger partial charge in [-0.25, -0.2) is 8.42 Å². The summed E-state index contributed by atoms with van der Waals surface area (Å²) < 4.78 is 72.0. The molecule has 5 rings (SSSR count). The first-order valence-corrected chi connectivity index (χ1v) is 13.6. The summed E-state index contributed by atoms with van der Waals surface area (Å²) in [6, 6.07) is 15.6. The van der Waals surface area contributed by atoms with Crippen molar-refractivity contribution in [2.45, 2.75) is 49.9 Å². The molecule has 0 saturated carbocycles. The molecule has 0 N–H and O–H groups in total. The number of Topliss-reactive ketones (excluding diaryl/α,β-unsaturated/α-hetero) is 1. The summed E-state index contributed by atoms with van der Waals surface area (Å²) >= 11 is 0. The second kappa shape index (κ2) is 9.99. The van der Waals surface area contributed by atoms with Gasteiger partial charge in [0.15, 0.2) is 5.78 Å². The SMILES string of the molecule is Cc1ccc2oc(S(=O)(=O)N3CCC[C@H]3C(=O)CCc3cccc(-c4ccc(C(F)(F)F)nc4)c3)cc2c1. The summed E-state index contributed by atoms with van der Waals surface area (Å²) in [5.74, 6) is -0.181. The smallest absolute Gasteiger partial charge is 0.433 e. The number of furan rings is 1. The van der Waals surface area contributed by atoms with E-state index in [9.17, 15) is 26.4 Å². The molecule has 2 aromatic carbocycles. The minimum Gasteiger partial charge on any atom is -0.443 e. The van der Waals surface area contributed by atoms with Crippen molar-refractivity contribution in [1.29, 1.82) is 0 Å². The van der Waals surface area contributed by atoms with Gasteiger partial charge in [0, 0.05) is 36.2 Å². The Morgan fingerprint density at radius 3 is 2.63 bits per heavy atom. The quantitative estimate of drug-likeness (QED) is 0.279. The average Bonchev–Trinajstić information content (AvgIpc) is 3.55. The van der Waals surface area contributed by atoms with Crippen LogP contribution in [0.3, 0.4) is 0 Å². The molecule has 0 unspecified atom stereocenters. The maximum absolute atomic E-state index is 13.4. The lowest BCUT2D eigenvalue weighted by atomic mass is 9.99. The normalized spacial score (nSPS) is 16.8. The minimum atomic E-state index is -4.51. The van der Waals surface area contributed by atoms with Gasteiger partial charge in [-0.3, -0.25) is 9.78 Å². The highest BCUT2D eigenvalue weighted by atomic mass is 32.2. The van der Waals surface area contributed by atoms with Crippen molar-refractivity contribution < 1.29 is 30.8 Å². The van der Waals surface area contributed by atoms with Gasteiger partial charge in [-0.1, -0.05) is 42.0 Å². The largest absolute Gasteiger partial charge is 0.443 e. The average molecular weight is 543 g/mol. The molecular weight excluding hydrogens is 517 g/mol. The molecule has 0 aliphatic carbocycles. The Labute approximate surface area is 218 Å². The molecule has 1 aliphatic rings. The Balaban J connectivity index is 1.28. The molecule has 3 heterocycles. The third kappa shape index (κ3) is 5.23. The van der Waals surface area contributed by atoms with E-state index in [0.717, 1.165) is 17.2 Å². The van der Waals surface area contributed by atoms with Crippen molar-refractivity contribution in [2.24, 2.45) is 0 Å². The molecule has 4 aromatic rings. The van der Waals surface area contributed by atoms with Crippen LogP contribution in [0.5, 0.6) is 0 Å². The molecule has 6 nitrogen and oxygen atoms in total. The van der Waals surface area contributed by atoms with Gasteiger partial charge in [0.1, 0.15) is 11.3 Å². The predicted molar refractivity (Wildman–Crippen MR) is 136 cm³/mol. The molecule has 38 heavy (non-hydrogen) atoms. The molecule has 0 radical (unpaired) electrons. The molecule has 2 aromatic heterocycles. The van der Waals surface area contributed by atoms with Gasteiger partial charge in [0.05, 0.1) is 6.04 Å². The molecule has 0 amide bonds. The Hall–Kier alpha value is -3.50. The third-order valence-electron chi connectivity index (χ3n) is 6.76. The molecule has 10 heteroatoms. The van der Waals surface area contributed by atoms with Crippen LogP contribution < -0.4 is 0 Å². The van der Waals surface area contributed by atoms with Gasteiger partial charge in [0.25, 0.3) is 10.0 Å². The number of rotatable bonds is 7. The highest BCUT2D eigenvalue weighted by Gasteiger charge is 2.40. The van der Waals surface area contributed by atoms with Crippen LogP contribution in [0.4, 0.5) is 13.2 Å². The number of aryl methyl sites for hydroxylation is 2. The summed E-state index contributed by atoms with van der Waals surface area (Å²) in [6.45, 7) is 2.15. The Morgan fingerprint density at radius 2 is 1.89 bits per heavy atom. The van der Waals surface area contributed by atoms with Gasteiger partial charge in [0.2, 0.25) is 5.09 Å². The Bertz CT molecular complexity index is 1590. The number of ketones is 1. The number of hydrogen-bond acceptors (Lipinski definition) is 5. The number of pyridine rings is 1. The Kier molecular flexibility index (Phi) is 6.87. The van der Waals surface area contributed by atoms with Crippen molar-refractivity contribution in [1.82, 2.24) is 9.29 Å². The van der Waals surface area contributed by atoms with Crippen LogP contribution >= 0.6 is 0 Å². The van der Waals surface area contributed by atoms with Crippen molar-refractivity contribution in [3.63, 3.8) is 0 Å². The van der Waals surface area contributed by atoms with E-state index >= 15 is 0 Å². The molecular formula is C28H25F3N2O4S. The zero-order chi connectivity index (χ0) is 27.1. The molecule has 0 spiro atoms. The van der Waals surface area contributed by atoms with E-state index in [1.165, 1.54) is 22.6 Å². The van der Waals surface area contributed by atoms with Crippen molar-refractivity contribution in [2.75, 3.05) is 6.54 Å². The highest BCUT2D eigenvalue weighted by Crippen LogP contribution is 2.32. The summed E-state index contributed by atoms with van der Waals surface area (Å²) in [7, 11) is -3.99. The van der Waals surface area contributed by atoms with E-state index in [1.807, 2.05) is 25.1 Å². The van der Waals surface area contributed by atoms with Crippen molar-refractivity contribution in [3.05, 3.63) is 83.7 Å². The number of nitrogens with zero attached hydrogens (tertiary/aromatic N) is 2. The summed E-state index contributed by atoms with van der Waals surface area (Å²) in [6.07, 6.45) is -1.82. The number of hydrogen-bond donors (Lipinski definition) is 0. The first-order chi connectivity index (χ1) is 18.0. The molecule has 0 bridgehead atoms. The van der Waals surface area contributed by atoms with Crippen molar-refractivity contribution >= 4 is 26.8 Å². The lowest BCUT2D eigenvalue weighted by Gasteiger charge is -2.21. The zero-order valence-electron chi connectivity index (χ0n) is 20.5. The zero-order valence-corrected chi connectivity index (χ0v) is 21.3. The predicted octanol–water partition coefficient (Wildman–Crippen LogP) is 6.18. The number of halogens is 3. The lowest BCUT2D eigenvalue weighted by Crippen LogP contribution is -2.40. The third-order valence-corrected chi connectivity index (χ3v) is 8.53. The molecule has 1 aliphatic heterocycles. The van der Waals surface area contributed by atoms with Gasteiger partial charge in [-0.05, 0) is 55.5 Å². The molecule has 1 atom stereocenters. The van der Waals surface area contributed by atoms with Gasteiger partial charge < -0.3 is 4.42 Å².